The second-order valence-corrected chi connectivity index (χ2v) is 9.25. The van der Waals surface area contributed by atoms with E-state index in [9.17, 15) is 37.5 Å². The number of nitrogens with two attached hydrogens (primary N) is 1. The largest absolute Gasteiger partial charge is 0.475 e. The van der Waals surface area contributed by atoms with Gasteiger partial charge >= 0.3 is 12.1 Å². The lowest BCUT2D eigenvalue weighted by molar-refractivity contribution is -0.151. The number of hydrogen-bond donors (Lipinski definition) is 5. The Labute approximate surface area is 201 Å². The monoisotopic (exact) mass is 508 g/mol. The summed E-state index contributed by atoms with van der Waals surface area (Å²) >= 11 is 0. The number of carbonyl (C=O) groups excluding carboxylic acids is 5. The van der Waals surface area contributed by atoms with E-state index in [1.807, 2.05) is 5.32 Å². The van der Waals surface area contributed by atoms with Crippen molar-refractivity contribution >= 4 is 35.6 Å². The standard InChI is InChI=1S/C21H34F2N4O8/c1-10(2)8-13(18(31)25-12(9-14(22)23)16(29)19(32)33)26-17(30)11(6-7-15(24)28)27-20(34)35-21(3,4)5/h10-14H,6-9H2,1-5H3,(H2,24,28)(H,25,31)(H,26,30)(H,27,34)(H,32,33)/t11-,12?,13-/m0/s1. The quantitative estimate of drug-likeness (QED) is 0.209. The summed E-state index contributed by atoms with van der Waals surface area (Å²) in [5.41, 5.74) is 4.22. The number of carboxylic acid groups (broad SMARTS) is 1. The molecule has 4 amide bonds. The summed E-state index contributed by atoms with van der Waals surface area (Å²) in [6.45, 7) is 8.14. The van der Waals surface area contributed by atoms with E-state index in [2.05, 4.69) is 10.6 Å². The Hall–Kier alpha value is -3.32. The van der Waals surface area contributed by atoms with Crippen LogP contribution in [0.4, 0.5) is 13.6 Å². The highest BCUT2D eigenvalue weighted by Gasteiger charge is 2.34. The van der Waals surface area contributed by atoms with Gasteiger partial charge in [-0.15, -0.1) is 0 Å². The highest BCUT2D eigenvalue weighted by Crippen LogP contribution is 2.11. The highest BCUT2D eigenvalue weighted by molar-refractivity contribution is 6.35. The minimum Gasteiger partial charge on any atom is -0.475 e. The lowest BCUT2D eigenvalue weighted by Crippen LogP contribution is -2.57. The fraction of sp³-hybridized carbons (Fsp3) is 0.714. The van der Waals surface area contributed by atoms with Crippen LogP contribution in [0.25, 0.3) is 0 Å². The number of amides is 4. The van der Waals surface area contributed by atoms with E-state index >= 15 is 0 Å². The molecule has 0 spiro atoms. The second-order valence-electron chi connectivity index (χ2n) is 9.25. The van der Waals surface area contributed by atoms with Gasteiger partial charge in [-0.2, -0.15) is 0 Å². The molecular weight excluding hydrogens is 474 g/mol. The SMILES string of the molecule is CC(C)C[C@H](NC(=O)[C@H](CCC(N)=O)NC(=O)OC(C)(C)C)C(=O)NC(CC(F)F)C(=O)C(=O)O. The number of carbonyl (C=O) groups is 6. The zero-order valence-corrected chi connectivity index (χ0v) is 20.4. The number of nitrogens with one attached hydrogen (secondary N) is 3. The van der Waals surface area contributed by atoms with E-state index in [0.717, 1.165) is 0 Å². The molecule has 0 radical (unpaired) electrons. The first-order valence-corrected chi connectivity index (χ1v) is 10.9. The summed E-state index contributed by atoms with van der Waals surface area (Å²) in [5.74, 6) is -6.59. The van der Waals surface area contributed by atoms with Crippen molar-refractivity contribution in [1.82, 2.24) is 16.0 Å². The number of ether oxygens (including phenoxy) is 1. The molecule has 6 N–H and O–H groups in total. The van der Waals surface area contributed by atoms with E-state index in [-0.39, 0.29) is 25.2 Å². The number of Topliss-reactive ketones (excluding diaryl/α,β-unsaturated/α-hetero) is 1. The Bertz CT molecular complexity index is 799. The average Bonchev–Trinajstić information content (AvgIpc) is 2.66. The Kier molecular flexibility index (Phi) is 12.8. The molecule has 14 heteroatoms. The average molecular weight is 509 g/mol. The van der Waals surface area contributed by atoms with E-state index in [1.165, 1.54) is 0 Å². The van der Waals surface area contributed by atoms with Gasteiger partial charge in [-0.1, -0.05) is 13.8 Å². The molecule has 3 atom stereocenters. The van der Waals surface area contributed by atoms with Crippen molar-refractivity contribution in [2.75, 3.05) is 0 Å². The number of ketones is 1. The molecule has 0 bridgehead atoms. The maximum absolute atomic E-state index is 12.9. The zero-order chi connectivity index (χ0) is 27.5. The van der Waals surface area contributed by atoms with Crippen molar-refractivity contribution in [2.24, 2.45) is 11.7 Å². The van der Waals surface area contributed by atoms with Crippen molar-refractivity contribution in [3.05, 3.63) is 0 Å². The van der Waals surface area contributed by atoms with Crippen LogP contribution in [-0.2, 0) is 28.7 Å². The number of hydrogen-bond acceptors (Lipinski definition) is 7. The molecular formula is C21H34F2N4O8. The van der Waals surface area contributed by atoms with Gasteiger partial charge in [0.25, 0.3) is 5.78 Å². The third-order valence-corrected chi connectivity index (χ3v) is 4.28. The van der Waals surface area contributed by atoms with Crippen molar-refractivity contribution < 1.29 is 47.4 Å². The van der Waals surface area contributed by atoms with Crippen molar-refractivity contribution in [3.8, 4) is 0 Å². The van der Waals surface area contributed by atoms with Gasteiger partial charge in [-0.25, -0.2) is 18.4 Å². The van der Waals surface area contributed by atoms with Crippen molar-refractivity contribution in [3.63, 3.8) is 0 Å². The molecule has 1 unspecified atom stereocenters. The van der Waals surface area contributed by atoms with E-state index < -0.39 is 72.1 Å². The zero-order valence-electron chi connectivity index (χ0n) is 20.4. The van der Waals surface area contributed by atoms with Crippen molar-refractivity contribution in [2.45, 2.75) is 90.5 Å². The Morgan fingerprint density at radius 2 is 1.40 bits per heavy atom. The normalized spacial score (nSPS) is 14.0. The molecule has 0 aliphatic heterocycles. The fourth-order valence-electron chi connectivity index (χ4n) is 2.81. The van der Waals surface area contributed by atoms with Gasteiger partial charge in [-0.3, -0.25) is 19.2 Å². The Balaban J connectivity index is 5.69. The van der Waals surface area contributed by atoms with Gasteiger partial charge in [0.05, 0.1) is 0 Å². The minimum absolute atomic E-state index is 0.0186. The number of carboxylic acids is 1. The lowest BCUT2D eigenvalue weighted by atomic mass is 10.0. The molecule has 0 saturated carbocycles. The van der Waals surface area contributed by atoms with Gasteiger partial charge < -0.3 is 31.5 Å². The smallest absolute Gasteiger partial charge is 0.408 e. The number of alkyl carbamates (subject to hydrolysis) is 1. The molecule has 0 aromatic rings. The summed E-state index contributed by atoms with van der Waals surface area (Å²) in [5, 5.41) is 15.4. The van der Waals surface area contributed by atoms with E-state index in [4.69, 9.17) is 15.6 Å². The third kappa shape index (κ3) is 13.9. The predicted molar refractivity (Wildman–Crippen MR) is 118 cm³/mol. The Morgan fingerprint density at radius 1 is 0.886 bits per heavy atom. The van der Waals surface area contributed by atoms with E-state index in [1.54, 1.807) is 34.6 Å². The van der Waals surface area contributed by atoms with Gasteiger partial charge in [-0.05, 0) is 39.5 Å². The summed E-state index contributed by atoms with van der Waals surface area (Å²) in [6, 6.07) is -4.74. The summed E-state index contributed by atoms with van der Waals surface area (Å²) in [6.07, 6.45) is -5.84. The van der Waals surface area contributed by atoms with Crippen LogP contribution in [0.5, 0.6) is 0 Å². The van der Waals surface area contributed by atoms with Crippen LogP contribution in [0.2, 0.25) is 0 Å². The van der Waals surface area contributed by atoms with Crippen LogP contribution in [0.3, 0.4) is 0 Å². The molecule has 0 fully saturated rings. The lowest BCUT2D eigenvalue weighted by Gasteiger charge is -2.26. The number of alkyl halides is 2. The molecule has 0 aliphatic carbocycles. The molecule has 0 aromatic heterocycles. The molecule has 35 heavy (non-hydrogen) atoms. The number of rotatable bonds is 14. The molecule has 0 saturated heterocycles. The van der Waals surface area contributed by atoms with Crippen molar-refractivity contribution in [1.29, 1.82) is 0 Å². The molecule has 0 aliphatic rings. The van der Waals surface area contributed by atoms with Gasteiger partial charge in [0, 0.05) is 12.8 Å². The van der Waals surface area contributed by atoms with Crippen LogP contribution < -0.4 is 21.7 Å². The van der Waals surface area contributed by atoms with E-state index in [0.29, 0.717) is 0 Å². The number of aliphatic carboxylic acids is 1. The first kappa shape index (κ1) is 31.7. The van der Waals surface area contributed by atoms with Crippen LogP contribution in [-0.4, -0.2) is 70.8 Å². The van der Waals surface area contributed by atoms with Gasteiger partial charge in [0.15, 0.2) is 0 Å². The van der Waals surface area contributed by atoms with Gasteiger partial charge in [0.2, 0.25) is 24.1 Å². The summed E-state index contributed by atoms with van der Waals surface area (Å²) < 4.78 is 30.7. The van der Waals surface area contributed by atoms with Crippen LogP contribution >= 0.6 is 0 Å². The topological polar surface area (TPSA) is 194 Å². The Morgan fingerprint density at radius 3 is 1.83 bits per heavy atom. The summed E-state index contributed by atoms with van der Waals surface area (Å²) in [4.78, 5) is 71.6. The van der Waals surface area contributed by atoms with Crippen LogP contribution in [0, 0.1) is 5.92 Å². The number of halogens is 2. The molecule has 200 valence electrons. The first-order chi connectivity index (χ1) is 15.9. The molecule has 0 rings (SSSR count). The molecule has 0 aromatic carbocycles. The summed E-state index contributed by atoms with van der Waals surface area (Å²) in [7, 11) is 0. The maximum atomic E-state index is 12.9. The van der Waals surface area contributed by atoms with Gasteiger partial charge in [0.1, 0.15) is 23.7 Å². The maximum Gasteiger partial charge on any atom is 0.408 e. The highest BCUT2D eigenvalue weighted by atomic mass is 19.3. The number of primary amides is 1. The third-order valence-electron chi connectivity index (χ3n) is 4.28. The molecule has 0 heterocycles. The molecule has 12 nitrogen and oxygen atoms in total. The minimum atomic E-state index is -3.09. The van der Waals surface area contributed by atoms with Crippen LogP contribution in [0.1, 0.15) is 60.3 Å². The first-order valence-electron chi connectivity index (χ1n) is 10.9. The second kappa shape index (κ2) is 14.2. The van der Waals surface area contributed by atoms with Crippen LogP contribution in [0.15, 0.2) is 0 Å². The fourth-order valence-corrected chi connectivity index (χ4v) is 2.81. The predicted octanol–water partition coefficient (Wildman–Crippen LogP) is 0.470.